The van der Waals surface area contributed by atoms with E-state index in [1.807, 2.05) is 0 Å². The number of carboxylic acids is 1. The van der Waals surface area contributed by atoms with Crippen molar-refractivity contribution in [3.05, 3.63) is 23.8 Å². The first-order chi connectivity index (χ1) is 5.95. The third-order valence-corrected chi connectivity index (χ3v) is 0.824. The number of nitrogen functional groups attached to an aromatic ring is 1. The number of carbonyl (C=O) groups is 1. The lowest BCUT2D eigenvalue weighted by atomic mass is 10.3. The van der Waals surface area contributed by atoms with Gasteiger partial charge in [-0.25, -0.2) is 9.78 Å². The summed E-state index contributed by atoms with van der Waals surface area (Å²) in [7, 11) is 0. The van der Waals surface area contributed by atoms with Gasteiger partial charge in [0.25, 0.3) is 0 Å². The number of hydrogen-bond donors (Lipinski definition) is 2. The monoisotopic (exact) mass is 141 g/mol. The summed E-state index contributed by atoms with van der Waals surface area (Å²) in [5.74, 6) is -1.80. The van der Waals surface area contributed by atoms with Gasteiger partial charge in [-0.05, 0) is 12.1 Å². The maximum atomic E-state index is 10.5. The number of nitrogens with two attached hydrogens (primary N) is 1. The van der Waals surface area contributed by atoms with Crippen molar-refractivity contribution in [2.24, 2.45) is 0 Å². The number of carboxylic acid groups (broad SMARTS) is 1. The molecule has 1 aromatic heterocycles. The Hall–Kier alpha value is -1.58. The molecule has 1 heterocycles. The highest BCUT2D eigenvalue weighted by Crippen LogP contribution is 2.01. The molecule has 0 atom stereocenters. The third-order valence-electron chi connectivity index (χ3n) is 0.824. The number of aromatic nitrogens is 1. The molecule has 1 aromatic rings. The Labute approximate surface area is 61.5 Å². The number of aromatic carboxylic acids is 1. The molecule has 52 valence electrons. The fraction of sp³-hybridized carbons (Fsp3) is 0. The van der Waals surface area contributed by atoms with Crippen molar-refractivity contribution in [2.45, 2.75) is 0 Å². The van der Waals surface area contributed by atoms with Gasteiger partial charge in [-0.15, -0.1) is 0 Å². The maximum Gasteiger partial charge on any atom is 0.335 e. The molecule has 0 aromatic carbocycles. The van der Waals surface area contributed by atoms with E-state index >= 15 is 0 Å². The molecule has 0 saturated heterocycles. The predicted octanol–water partition coefficient (Wildman–Crippen LogP) is 0.362. The molecule has 3 N–H and O–H groups in total. The Balaban J connectivity index is 3.56. The first-order valence-electron chi connectivity index (χ1n) is 3.91. The highest BCUT2D eigenvalue weighted by atomic mass is 16.4. The van der Waals surface area contributed by atoms with Crippen LogP contribution in [0.5, 0.6) is 0 Å². The second kappa shape index (κ2) is 2.34. The lowest BCUT2D eigenvalue weighted by molar-refractivity contribution is 0.0697. The number of rotatable bonds is 1. The lowest BCUT2D eigenvalue weighted by Gasteiger charge is -1.92. The van der Waals surface area contributed by atoms with Gasteiger partial charge >= 0.3 is 5.97 Å². The van der Waals surface area contributed by atoms with Crippen molar-refractivity contribution >= 4 is 11.8 Å². The van der Waals surface area contributed by atoms with E-state index in [1.165, 1.54) is 0 Å². The third kappa shape index (κ3) is 1.22. The second-order valence-electron chi connectivity index (χ2n) is 1.54. The van der Waals surface area contributed by atoms with Gasteiger partial charge in [0.15, 0.2) is 0 Å². The van der Waals surface area contributed by atoms with Gasteiger partial charge in [-0.3, -0.25) is 0 Å². The molecule has 0 fully saturated rings. The van der Waals surface area contributed by atoms with Crippen LogP contribution in [0.2, 0.25) is 0 Å². The Morgan fingerprint density at radius 3 is 3.20 bits per heavy atom. The van der Waals surface area contributed by atoms with E-state index in [2.05, 4.69) is 4.98 Å². The van der Waals surface area contributed by atoms with Crippen LogP contribution in [0.4, 0.5) is 5.82 Å². The maximum absolute atomic E-state index is 10.5. The Morgan fingerprint density at radius 1 is 1.90 bits per heavy atom. The average molecular weight is 141 g/mol. The zero-order valence-corrected chi connectivity index (χ0v) is 4.88. The van der Waals surface area contributed by atoms with Crippen molar-refractivity contribution in [1.82, 2.24) is 4.98 Å². The quantitative estimate of drug-likeness (QED) is 0.592. The average Bonchev–Trinajstić information content (AvgIpc) is 2.01. The highest BCUT2D eigenvalue weighted by molar-refractivity contribution is 5.88. The standard InChI is InChI=1S/C6H6N2O2/c7-5-3-4(6(9)10)1-2-8-5/h1-3H,(H2,7,8)(H,9,10)/i1D,2D,3D. The Bertz CT molecular complexity index is 354. The van der Waals surface area contributed by atoms with Crippen molar-refractivity contribution in [3.8, 4) is 0 Å². The van der Waals surface area contributed by atoms with Crippen LogP contribution in [0.25, 0.3) is 0 Å². The summed E-state index contributed by atoms with van der Waals surface area (Å²) in [5.41, 5.74) is 4.58. The first kappa shape index (κ1) is 3.55. The molecule has 1 rings (SSSR count). The molecule has 0 aliphatic heterocycles. The van der Waals surface area contributed by atoms with Crippen molar-refractivity contribution in [2.75, 3.05) is 5.73 Å². The molecular formula is C6H6N2O2. The van der Waals surface area contributed by atoms with Gasteiger partial charge in [0, 0.05) is 6.17 Å². The summed E-state index contributed by atoms with van der Waals surface area (Å²) in [6.45, 7) is 0. The smallest absolute Gasteiger partial charge is 0.335 e. The first-order valence-corrected chi connectivity index (χ1v) is 2.41. The zero-order chi connectivity index (χ0) is 10.2. The van der Waals surface area contributed by atoms with Crippen LogP contribution >= 0.6 is 0 Å². The second-order valence-corrected chi connectivity index (χ2v) is 1.54. The molecule has 0 bridgehead atoms. The SMILES string of the molecule is [2H]c1nc(N)c([2H])c(C(=O)O)c1[2H]. The number of nitrogens with zero attached hydrogens (tertiary/aromatic N) is 1. The molecule has 0 amide bonds. The number of anilines is 1. The summed E-state index contributed by atoms with van der Waals surface area (Å²) < 4.78 is 21.4. The van der Waals surface area contributed by atoms with Gasteiger partial charge in [0.1, 0.15) is 5.82 Å². The largest absolute Gasteiger partial charge is 0.478 e. The Kier molecular flexibility index (Phi) is 0.834. The van der Waals surface area contributed by atoms with Gasteiger partial charge in [0.05, 0.1) is 9.68 Å². The molecule has 10 heavy (non-hydrogen) atoms. The fourth-order valence-corrected chi connectivity index (χ4v) is 0.438. The number of hydrogen-bond acceptors (Lipinski definition) is 3. The van der Waals surface area contributed by atoms with Crippen LogP contribution in [-0.4, -0.2) is 16.1 Å². The molecule has 0 aliphatic carbocycles. The molecule has 0 spiro atoms. The van der Waals surface area contributed by atoms with Crippen LogP contribution in [0, 0.1) is 0 Å². The summed E-state index contributed by atoms with van der Waals surface area (Å²) in [5, 5.41) is 8.59. The minimum Gasteiger partial charge on any atom is -0.478 e. The topological polar surface area (TPSA) is 76.2 Å². The van der Waals surface area contributed by atoms with Crippen LogP contribution in [0.15, 0.2) is 18.3 Å². The van der Waals surface area contributed by atoms with E-state index in [0.29, 0.717) is 0 Å². The van der Waals surface area contributed by atoms with Crippen molar-refractivity contribution in [1.29, 1.82) is 0 Å². The van der Waals surface area contributed by atoms with Gasteiger partial charge in [0.2, 0.25) is 0 Å². The van der Waals surface area contributed by atoms with Crippen LogP contribution < -0.4 is 5.73 Å². The Morgan fingerprint density at radius 2 is 2.60 bits per heavy atom. The predicted molar refractivity (Wildman–Crippen MR) is 35.6 cm³/mol. The molecule has 0 radical (unpaired) electrons. The lowest BCUT2D eigenvalue weighted by Crippen LogP contribution is -1.98. The molecular weight excluding hydrogens is 132 g/mol. The van der Waals surface area contributed by atoms with Gasteiger partial charge in [-0.1, -0.05) is 0 Å². The summed E-state index contributed by atoms with van der Waals surface area (Å²) in [6.07, 6.45) is -0.536. The molecule has 4 nitrogen and oxygen atoms in total. The van der Waals surface area contributed by atoms with Crippen LogP contribution in [-0.2, 0) is 0 Å². The summed E-state index contributed by atoms with van der Waals surface area (Å²) >= 11 is 0. The zero-order valence-electron chi connectivity index (χ0n) is 7.88. The number of pyridine rings is 1. The fourth-order valence-electron chi connectivity index (χ4n) is 0.438. The summed E-state index contributed by atoms with van der Waals surface area (Å²) in [4.78, 5) is 13.9. The van der Waals surface area contributed by atoms with Crippen molar-refractivity contribution in [3.63, 3.8) is 0 Å². The molecule has 0 unspecified atom stereocenters. The summed E-state index contributed by atoms with van der Waals surface area (Å²) in [6, 6.07) is -1.11. The van der Waals surface area contributed by atoms with E-state index in [9.17, 15) is 4.79 Å². The van der Waals surface area contributed by atoms with E-state index < -0.39 is 29.8 Å². The molecule has 0 saturated carbocycles. The van der Waals surface area contributed by atoms with E-state index in [1.54, 1.807) is 0 Å². The van der Waals surface area contributed by atoms with E-state index in [0.717, 1.165) is 0 Å². The molecule has 0 aliphatic rings. The van der Waals surface area contributed by atoms with E-state index in [4.69, 9.17) is 15.0 Å². The molecule has 4 heteroatoms. The highest BCUT2D eigenvalue weighted by Gasteiger charge is 2.00. The van der Waals surface area contributed by atoms with Gasteiger partial charge in [-0.2, -0.15) is 0 Å². The minimum absolute atomic E-state index is 0.349. The van der Waals surface area contributed by atoms with Crippen molar-refractivity contribution < 1.29 is 14.0 Å². The van der Waals surface area contributed by atoms with E-state index in [-0.39, 0.29) is 5.82 Å². The van der Waals surface area contributed by atoms with Crippen LogP contribution in [0.1, 0.15) is 14.5 Å². The normalized spacial score (nSPS) is 13.4. The van der Waals surface area contributed by atoms with Gasteiger partial charge < -0.3 is 10.8 Å². The minimum atomic E-state index is -1.45. The van der Waals surface area contributed by atoms with Crippen LogP contribution in [0.3, 0.4) is 0 Å².